The van der Waals surface area contributed by atoms with E-state index in [1.165, 1.54) is 0 Å². The number of rotatable bonds is 4. The molecule has 2 N–H and O–H groups in total. The van der Waals surface area contributed by atoms with Crippen LogP contribution >= 0.6 is 0 Å². The zero-order valence-corrected chi connectivity index (χ0v) is 12.5. The van der Waals surface area contributed by atoms with Crippen molar-refractivity contribution in [3.63, 3.8) is 0 Å². The van der Waals surface area contributed by atoms with Crippen molar-refractivity contribution in [2.24, 2.45) is 12.5 Å². The Morgan fingerprint density at radius 3 is 2.86 bits per heavy atom. The van der Waals surface area contributed by atoms with E-state index in [-0.39, 0.29) is 12.6 Å². The number of aliphatic carboxylic acids is 1. The molecule has 0 bridgehead atoms. The van der Waals surface area contributed by atoms with Crippen molar-refractivity contribution < 1.29 is 14.7 Å². The second-order valence-corrected chi connectivity index (χ2v) is 5.69. The lowest BCUT2D eigenvalue weighted by molar-refractivity contribution is -0.152. The number of hydrogen-bond acceptors (Lipinski definition) is 3. The predicted molar refractivity (Wildman–Crippen MR) is 78.0 cm³/mol. The maximum atomic E-state index is 12.3. The number of aromatic nitrogens is 2. The van der Waals surface area contributed by atoms with E-state index in [1.807, 2.05) is 6.92 Å². The first kappa shape index (κ1) is 15.3. The highest BCUT2D eigenvalue weighted by Gasteiger charge is 2.42. The van der Waals surface area contributed by atoms with E-state index in [2.05, 4.69) is 10.4 Å². The number of nitrogens with zero attached hydrogens (tertiary/aromatic N) is 3. The number of piperidine rings is 1. The Bertz CT molecular complexity index is 524. The Kier molecular flexibility index (Phi) is 4.50. The van der Waals surface area contributed by atoms with Crippen molar-refractivity contribution >= 4 is 17.7 Å². The minimum Gasteiger partial charge on any atom is -0.481 e. The Balaban J connectivity index is 2.05. The molecule has 21 heavy (non-hydrogen) atoms. The van der Waals surface area contributed by atoms with Crippen LogP contribution in [0, 0.1) is 5.41 Å². The maximum Gasteiger partial charge on any atom is 0.321 e. The first-order valence-electron chi connectivity index (χ1n) is 7.25. The molecular weight excluding hydrogens is 272 g/mol. The van der Waals surface area contributed by atoms with E-state index in [9.17, 15) is 14.7 Å². The van der Waals surface area contributed by atoms with Gasteiger partial charge < -0.3 is 15.3 Å². The molecule has 1 saturated heterocycles. The molecule has 1 aromatic heterocycles. The molecule has 1 fully saturated rings. The molecule has 0 saturated carbocycles. The molecule has 1 aliphatic rings. The van der Waals surface area contributed by atoms with Gasteiger partial charge in [0.05, 0.1) is 17.3 Å². The SMILES string of the molecule is CCCC1(C(=O)O)CCCN(C(=O)Nc2cnn(C)c2)C1. The van der Waals surface area contributed by atoms with Crippen molar-refractivity contribution in [2.75, 3.05) is 18.4 Å². The summed E-state index contributed by atoms with van der Waals surface area (Å²) in [6.45, 7) is 2.83. The summed E-state index contributed by atoms with van der Waals surface area (Å²) in [7, 11) is 1.77. The standard InChI is InChI=1S/C14H22N4O3/c1-3-5-14(12(19)20)6-4-7-18(10-14)13(21)16-11-8-15-17(2)9-11/h8-9H,3-7,10H2,1-2H3,(H,16,21)(H,19,20). The maximum absolute atomic E-state index is 12.3. The second-order valence-electron chi connectivity index (χ2n) is 5.69. The molecule has 2 amide bonds. The van der Waals surface area contributed by atoms with Crippen LogP contribution in [-0.2, 0) is 11.8 Å². The number of urea groups is 1. The molecule has 1 atom stereocenters. The summed E-state index contributed by atoms with van der Waals surface area (Å²) < 4.78 is 1.60. The molecule has 116 valence electrons. The van der Waals surface area contributed by atoms with Gasteiger partial charge in [0.15, 0.2) is 0 Å². The summed E-state index contributed by atoms with van der Waals surface area (Å²) >= 11 is 0. The Labute approximate surface area is 123 Å². The highest BCUT2D eigenvalue weighted by atomic mass is 16.4. The smallest absolute Gasteiger partial charge is 0.321 e. The average molecular weight is 294 g/mol. The minimum atomic E-state index is -0.806. The first-order chi connectivity index (χ1) is 9.97. The van der Waals surface area contributed by atoms with Gasteiger partial charge in [-0.25, -0.2) is 4.79 Å². The summed E-state index contributed by atoms with van der Waals surface area (Å²) in [4.78, 5) is 25.5. The van der Waals surface area contributed by atoms with Crippen LogP contribution in [-0.4, -0.2) is 44.9 Å². The molecule has 0 aliphatic carbocycles. The molecule has 1 unspecified atom stereocenters. The molecule has 0 spiro atoms. The summed E-state index contributed by atoms with van der Waals surface area (Å²) in [6, 6.07) is -0.260. The van der Waals surface area contributed by atoms with Crippen LogP contribution in [0.15, 0.2) is 12.4 Å². The number of carboxylic acid groups (broad SMARTS) is 1. The zero-order valence-electron chi connectivity index (χ0n) is 12.5. The van der Waals surface area contributed by atoms with E-state index in [0.29, 0.717) is 31.5 Å². The number of carbonyl (C=O) groups excluding carboxylic acids is 1. The largest absolute Gasteiger partial charge is 0.481 e. The van der Waals surface area contributed by atoms with Crippen molar-refractivity contribution in [3.8, 4) is 0 Å². The van der Waals surface area contributed by atoms with Crippen LogP contribution in [0.1, 0.15) is 32.6 Å². The van der Waals surface area contributed by atoms with Gasteiger partial charge in [0.2, 0.25) is 0 Å². The Morgan fingerprint density at radius 2 is 2.29 bits per heavy atom. The molecule has 7 nitrogen and oxygen atoms in total. The number of carboxylic acids is 1. The van der Waals surface area contributed by atoms with Crippen LogP contribution in [0.3, 0.4) is 0 Å². The molecule has 1 aromatic rings. The van der Waals surface area contributed by atoms with Crippen LogP contribution < -0.4 is 5.32 Å². The average Bonchev–Trinajstić information content (AvgIpc) is 2.84. The van der Waals surface area contributed by atoms with Crippen LogP contribution in [0.2, 0.25) is 0 Å². The monoisotopic (exact) mass is 294 g/mol. The highest BCUT2D eigenvalue weighted by molar-refractivity contribution is 5.89. The third-order valence-electron chi connectivity index (χ3n) is 4.00. The number of aryl methyl sites for hydroxylation is 1. The highest BCUT2D eigenvalue weighted by Crippen LogP contribution is 2.35. The van der Waals surface area contributed by atoms with Crippen molar-refractivity contribution in [1.29, 1.82) is 0 Å². The fraction of sp³-hybridized carbons (Fsp3) is 0.643. The summed E-state index contributed by atoms with van der Waals surface area (Å²) in [5.74, 6) is -0.803. The van der Waals surface area contributed by atoms with Gasteiger partial charge in [-0.15, -0.1) is 0 Å². The lowest BCUT2D eigenvalue weighted by atomic mass is 9.76. The van der Waals surface area contributed by atoms with E-state index in [1.54, 1.807) is 29.0 Å². The second kappa shape index (κ2) is 6.15. The third-order valence-corrected chi connectivity index (χ3v) is 4.00. The predicted octanol–water partition coefficient (Wildman–Crippen LogP) is 1.92. The zero-order chi connectivity index (χ0) is 15.5. The molecule has 0 radical (unpaired) electrons. The van der Waals surface area contributed by atoms with Crippen molar-refractivity contribution in [1.82, 2.24) is 14.7 Å². The van der Waals surface area contributed by atoms with Crippen molar-refractivity contribution in [3.05, 3.63) is 12.4 Å². The molecule has 7 heteroatoms. The number of amides is 2. The fourth-order valence-electron chi connectivity index (χ4n) is 2.96. The van der Waals surface area contributed by atoms with Gasteiger partial charge in [-0.1, -0.05) is 13.3 Å². The number of nitrogens with one attached hydrogen (secondary N) is 1. The lowest BCUT2D eigenvalue weighted by Gasteiger charge is -2.39. The van der Waals surface area contributed by atoms with Crippen molar-refractivity contribution in [2.45, 2.75) is 32.6 Å². The van der Waals surface area contributed by atoms with Gasteiger partial charge in [0, 0.05) is 26.3 Å². The molecule has 0 aromatic carbocycles. The number of carbonyl (C=O) groups is 2. The van der Waals surface area contributed by atoms with E-state index in [4.69, 9.17) is 0 Å². The molecule has 1 aliphatic heterocycles. The Hall–Kier alpha value is -2.05. The minimum absolute atomic E-state index is 0.260. The normalized spacial score (nSPS) is 22.1. The van der Waals surface area contributed by atoms with Crippen LogP contribution in [0.4, 0.5) is 10.5 Å². The first-order valence-corrected chi connectivity index (χ1v) is 7.25. The third kappa shape index (κ3) is 3.34. The van der Waals surface area contributed by atoms with Crippen LogP contribution in [0.25, 0.3) is 0 Å². The topological polar surface area (TPSA) is 87.5 Å². The van der Waals surface area contributed by atoms with Gasteiger partial charge in [-0.3, -0.25) is 9.48 Å². The summed E-state index contributed by atoms with van der Waals surface area (Å²) in [5, 5.41) is 16.3. The van der Waals surface area contributed by atoms with Gasteiger partial charge in [-0.2, -0.15) is 5.10 Å². The van der Waals surface area contributed by atoms with E-state index in [0.717, 1.165) is 6.42 Å². The van der Waals surface area contributed by atoms with Gasteiger partial charge in [0.1, 0.15) is 0 Å². The molecule has 2 heterocycles. The van der Waals surface area contributed by atoms with E-state index < -0.39 is 11.4 Å². The van der Waals surface area contributed by atoms with Crippen LogP contribution in [0.5, 0.6) is 0 Å². The summed E-state index contributed by atoms with van der Waals surface area (Å²) in [5.41, 5.74) is -0.191. The molecule has 2 rings (SSSR count). The number of hydrogen-bond donors (Lipinski definition) is 2. The van der Waals surface area contributed by atoms with Gasteiger partial charge in [0.25, 0.3) is 0 Å². The molecular formula is C14H22N4O3. The van der Waals surface area contributed by atoms with Gasteiger partial charge >= 0.3 is 12.0 Å². The summed E-state index contributed by atoms with van der Waals surface area (Å²) in [6.07, 6.45) is 6.01. The quantitative estimate of drug-likeness (QED) is 0.888. The van der Waals surface area contributed by atoms with E-state index >= 15 is 0 Å². The fourth-order valence-corrected chi connectivity index (χ4v) is 2.96. The van der Waals surface area contributed by atoms with Gasteiger partial charge in [-0.05, 0) is 19.3 Å². The lowest BCUT2D eigenvalue weighted by Crippen LogP contribution is -2.51. The number of likely N-dealkylation sites (tertiary alicyclic amines) is 1. The number of anilines is 1. The Morgan fingerprint density at radius 1 is 1.52 bits per heavy atom.